The van der Waals surface area contributed by atoms with E-state index >= 15 is 0 Å². The molecule has 0 saturated carbocycles. The van der Waals surface area contributed by atoms with Gasteiger partial charge >= 0.3 is 0 Å². The number of nitrogens with zero attached hydrogens (tertiary/aromatic N) is 1. The third kappa shape index (κ3) is 6.02. The van der Waals surface area contributed by atoms with E-state index < -0.39 is 15.9 Å². The number of amides is 3. The van der Waals surface area contributed by atoms with Crippen LogP contribution in [0.4, 0.5) is 5.69 Å². The Morgan fingerprint density at radius 3 is 2.38 bits per heavy atom. The van der Waals surface area contributed by atoms with E-state index in [4.69, 9.17) is 12.2 Å². The van der Waals surface area contributed by atoms with Gasteiger partial charge in [0.25, 0.3) is 15.9 Å². The van der Waals surface area contributed by atoms with Gasteiger partial charge in [0, 0.05) is 25.6 Å². The van der Waals surface area contributed by atoms with Crippen LogP contribution in [0.5, 0.6) is 0 Å². The maximum atomic E-state index is 12.6. The molecule has 166 valence electrons. The van der Waals surface area contributed by atoms with Gasteiger partial charge in [-0.1, -0.05) is 54.3 Å². The summed E-state index contributed by atoms with van der Waals surface area (Å²) in [6, 6.07) is 14.8. The van der Waals surface area contributed by atoms with Crippen molar-refractivity contribution in [3.8, 4) is 0 Å². The number of sulfonamides is 1. The van der Waals surface area contributed by atoms with Crippen LogP contribution in [0, 0.1) is 0 Å². The minimum Gasteiger partial charge on any atom is -0.326 e. The van der Waals surface area contributed by atoms with E-state index in [1.165, 1.54) is 40.9 Å². The number of hydrogen-bond acceptors (Lipinski definition) is 7. The van der Waals surface area contributed by atoms with Crippen LogP contribution in [0.1, 0.15) is 18.9 Å². The van der Waals surface area contributed by atoms with Crippen molar-refractivity contribution in [1.82, 2.24) is 9.62 Å². The lowest BCUT2D eigenvalue weighted by Gasteiger charge is -2.14. The highest BCUT2D eigenvalue weighted by atomic mass is 32.2. The predicted octanol–water partition coefficient (Wildman–Crippen LogP) is 2.74. The van der Waals surface area contributed by atoms with E-state index in [1.54, 1.807) is 6.08 Å². The Morgan fingerprint density at radius 2 is 1.75 bits per heavy atom. The Morgan fingerprint density at radius 1 is 1.09 bits per heavy atom. The SMILES string of the molecule is CC(=O)NS(=O)(=O)c1ccc(NC(=O)CCN2C(=O)/C(=C/c3ccccc3)SC2=S)cc1. The van der Waals surface area contributed by atoms with Crippen molar-refractivity contribution < 1.29 is 22.8 Å². The monoisotopic (exact) mass is 489 g/mol. The lowest BCUT2D eigenvalue weighted by atomic mass is 10.2. The molecule has 1 aliphatic heterocycles. The smallest absolute Gasteiger partial charge is 0.266 e. The van der Waals surface area contributed by atoms with Crippen LogP contribution in [-0.4, -0.2) is 41.9 Å². The molecule has 0 aromatic heterocycles. The number of anilines is 1. The van der Waals surface area contributed by atoms with Crippen LogP contribution < -0.4 is 10.0 Å². The van der Waals surface area contributed by atoms with E-state index in [9.17, 15) is 22.8 Å². The van der Waals surface area contributed by atoms with Gasteiger partial charge in [0.05, 0.1) is 9.80 Å². The molecule has 1 aliphatic rings. The zero-order chi connectivity index (χ0) is 23.3. The zero-order valence-corrected chi connectivity index (χ0v) is 19.4. The van der Waals surface area contributed by atoms with E-state index in [0.717, 1.165) is 12.5 Å². The highest BCUT2D eigenvalue weighted by Crippen LogP contribution is 2.32. The quantitative estimate of drug-likeness (QED) is 0.454. The van der Waals surface area contributed by atoms with Gasteiger partial charge in [0.1, 0.15) is 4.32 Å². The second-order valence-electron chi connectivity index (χ2n) is 6.73. The average molecular weight is 490 g/mol. The summed E-state index contributed by atoms with van der Waals surface area (Å²) in [5, 5.41) is 2.64. The molecule has 2 aromatic rings. The topological polar surface area (TPSA) is 113 Å². The number of nitrogens with one attached hydrogen (secondary N) is 2. The van der Waals surface area contributed by atoms with Crippen molar-refractivity contribution >= 4 is 67.8 Å². The van der Waals surface area contributed by atoms with Crippen molar-refractivity contribution in [2.75, 3.05) is 11.9 Å². The van der Waals surface area contributed by atoms with Crippen LogP contribution in [-0.2, 0) is 24.4 Å². The minimum atomic E-state index is -3.94. The number of benzene rings is 2. The molecule has 0 atom stereocenters. The predicted molar refractivity (Wildman–Crippen MR) is 127 cm³/mol. The Kier molecular flexibility index (Phi) is 7.44. The number of thioether (sulfide) groups is 1. The fourth-order valence-electron chi connectivity index (χ4n) is 2.80. The van der Waals surface area contributed by atoms with Crippen LogP contribution in [0.25, 0.3) is 6.08 Å². The highest BCUT2D eigenvalue weighted by Gasteiger charge is 2.32. The van der Waals surface area contributed by atoms with E-state index in [1.807, 2.05) is 35.1 Å². The fourth-order valence-corrected chi connectivity index (χ4v) is 5.10. The van der Waals surface area contributed by atoms with Crippen LogP contribution >= 0.6 is 24.0 Å². The first-order chi connectivity index (χ1) is 15.2. The summed E-state index contributed by atoms with van der Waals surface area (Å²) in [6.45, 7) is 1.22. The second kappa shape index (κ2) is 10.1. The Bertz CT molecular complexity index is 1190. The summed E-state index contributed by atoms with van der Waals surface area (Å²) >= 11 is 6.47. The van der Waals surface area contributed by atoms with Crippen LogP contribution in [0.3, 0.4) is 0 Å². The first kappa shape index (κ1) is 23.6. The van der Waals surface area contributed by atoms with Crippen molar-refractivity contribution in [2.24, 2.45) is 0 Å². The van der Waals surface area contributed by atoms with Gasteiger partial charge in [-0.25, -0.2) is 13.1 Å². The third-order valence-corrected chi connectivity index (χ3v) is 7.09. The van der Waals surface area contributed by atoms with Crippen molar-refractivity contribution in [2.45, 2.75) is 18.2 Å². The molecule has 3 rings (SSSR count). The van der Waals surface area contributed by atoms with Gasteiger partial charge in [-0.05, 0) is 35.9 Å². The van der Waals surface area contributed by atoms with Crippen molar-refractivity contribution in [1.29, 1.82) is 0 Å². The number of carbonyl (C=O) groups is 3. The average Bonchev–Trinajstić information content (AvgIpc) is 2.99. The Balaban J connectivity index is 1.57. The van der Waals surface area contributed by atoms with Gasteiger partial charge in [-0.2, -0.15) is 0 Å². The Labute approximate surface area is 195 Å². The molecule has 0 aliphatic carbocycles. The summed E-state index contributed by atoms with van der Waals surface area (Å²) in [4.78, 5) is 37.7. The first-order valence-electron chi connectivity index (χ1n) is 9.39. The third-order valence-electron chi connectivity index (χ3n) is 4.26. The molecular weight excluding hydrogens is 470 g/mol. The second-order valence-corrected chi connectivity index (χ2v) is 10.1. The van der Waals surface area contributed by atoms with Gasteiger partial charge in [-0.3, -0.25) is 19.3 Å². The molecule has 2 aromatic carbocycles. The molecule has 0 spiro atoms. The molecule has 2 N–H and O–H groups in total. The fraction of sp³-hybridized carbons (Fsp3) is 0.143. The van der Waals surface area contributed by atoms with Crippen molar-refractivity contribution in [3.05, 3.63) is 65.1 Å². The van der Waals surface area contributed by atoms with Gasteiger partial charge in [-0.15, -0.1) is 0 Å². The lowest BCUT2D eigenvalue weighted by Crippen LogP contribution is -2.31. The molecule has 0 bridgehead atoms. The van der Waals surface area contributed by atoms with Gasteiger partial charge < -0.3 is 5.32 Å². The molecule has 1 saturated heterocycles. The standard InChI is InChI=1S/C21H19N3O5S3/c1-14(25)23-32(28,29)17-9-7-16(8-10-17)22-19(26)11-12-24-20(27)18(31-21(24)30)13-15-5-3-2-4-6-15/h2-10,13H,11-12H2,1H3,(H,22,26)(H,23,25)/b18-13-. The molecule has 1 fully saturated rings. The maximum absolute atomic E-state index is 12.6. The van der Waals surface area contributed by atoms with E-state index in [2.05, 4.69) is 5.32 Å². The molecule has 1 heterocycles. The molecule has 0 unspecified atom stereocenters. The maximum Gasteiger partial charge on any atom is 0.266 e. The van der Waals surface area contributed by atoms with E-state index in [0.29, 0.717) is 14.9 Å². The minimum absolute atomic E-state index is 0.0109. The Hall–Kier alpha value is -3.02. The van der Waals surface area contributed by atoms with E-state index in [-0.39, 0.29) is 29.7 Å². The zero-order valence-electron chi connectivity index (χ0n) is 16.9. The van der Waals surface area contributed by atoms with Crippen LogP contribution in [0.15, 0.2) is 64.4 Å². The summed E-state index contributed by atoms with van der Waals surface area (Å²) in [7, 11) is -3.94. The number of hydrogen-bond donors (Lipinski definition) is 2. The summed E-state index contributed by atoms with van der Waals surface area (Å²) in [6.07, 6.45) is 1.77. The van der Waals surface area contributed by atoms with Gasteiger partial charge in [0.2, 0.25) is 11.8 Å². The van der Waals surface area contributed by atoms with Gasteiger partial charge in [0.15, 0.2) is 0 Å². The number of carbonyl (C=O) groups excluding carboxylic acids is 3. The lowest BCUT2D eigenvalue weighted by molar-refractivity contribution is -0.123. The number of thiocarbonyl (C=S) groups is 1. The molecule has 32 heavy (non-hydrogen) atoms. The largest absolute Gasteiger partial charge is 0.326 e. The van der Waals surface area contributed by atoms with Crippen LogP contribution in [0.2, 0.25) is 0 Å². The molecular formula is C21H19N3O5S3. The molecule has 11 heteroatoms. The summed E-state index contributed by atoms with van der Waals surface area (Å²) in [5.41, 5.74) is 1.26. The molecule has 0 radical (unpaired) electrons. The highest BCUT2D eigenvalue weighted by molar-refractivity contribution is 8.26. The number of rotatable bonds is 7. The molecule has 3 amide bonds. The normalized spacial score (nSPS) is 15.2. The van der Waals surface area contributed by atoms with Crippen molar-refractivity contribution in [3.63, 3.8) is 0 Å². The molecule has 8 nitrogen and oxygen atoms in total. The summed E-state index contributed by atoms with van der Waals surface area (Å²) in [5.74, 6) is -1.30. The first-order valence-corrected chi connectivity index (χ1v) is 12.1. The summed E-state index contributed by atoms with van der Waals surface area (Å²) < 4.78 is 26.2.